The SMILES string of the molecule is O=C(Oc1ccc(C(=O)C2(Br)NC2C(=O)O)cc1Cl)c1ccccc1. The molecule has 0 aromatic heterocycles. The Labute approximate surface area is 155 Å². The van der Waals surface area contributed by atoms with Crippen LogP contribution in [0, 0.1) is 0 Å². The number of carboxylic acid groups (broad SMARTS) is 1. The van der Waals surface area contributed by atoms with Crippen LogP contribution in [-0.4, -0.2) is 33.3 Å². The highest BCUT2D eigenvalue weighted by molar-refractivity contribution is 9.10. The Balaban J connectivity index is 1.77. The summed E-state index contributed by atoms with van der Waals surface area (Å²) in [5.74, 6) is -2.07. The van der Waals surface area contributed by atoms with Gasteiger partial charge in [-0.15, -0.1) is 0 Å². The number of rotatable bonds is 5. The van der Waals surface area contributed by atoms with E-state index in [0.717, 1.165) is 0 Å². The van der Waals surface area contributed by atoms with Crippen LogP contribution in [0.5, 0.6) is 5.75 Å². The first-order valence-electron chi connectivity index (χ1n) is 7.14. The highest BCUT2D eigenvalue weighted by Crippen LogP contribution is 2.38. The van der Waals surface area contributed by atoms with E-state index in [2.05, 4.69) is 21.2 Å². The summed E-state index contributed by atoms with van der Waals surface area (Å²) in [5.41, 5.74) is 0.558. The average Bonchev–Trinajstić information content (AvgIpc) is 3.30. The van der Waals surface area contributed by atoms with Gasteiger partial charge in [-0.25, -0.2) is 4.79 Å². The molecule has 6 nitrogen and oxygen atoms in total. The Morgan fingerprint density at radius 2 is 1.80 bits per heavy atom. The molecule has 0 spiro atoms. The highest BCUT2D eigenvalue weighted by Gasteiger charge is 2.62. The largest absolute Gasteiger partial charge is 0.480 e. The maximum absolute atomic E-state index is 12.4. The zero-order valence-corrected chi connectivity index (χ0v) is 14.9. The third-order valence-electron chi connectivity index (χ3n) is 3.65. The Morgan fingerprint density at radius 1 is 1.12 bits per heavy atom. The molecule has 1 saturated heterocycles. The molecule has 8 heteroatoms. The van der Waals surface area contributed by atoms with Gasteiger partial charge in [-0.1, -0.05) is 45.7 Å². The third kappa shape index (κ3) is 3.44. The number of ether oxygens (including phenoxy) is 1. The van der Waals surface area contributed by atoms with E-state index in [9.17, 15) is 14.4 Å². The molecule has 0 aliphatic carbocycles. The first-order valence-corrected chi connectivity index (χ1v) is 8.31. The molecular formula is C17H11BrClNO5. The highest BCUT2D eigenvalue weighted by atomic mass is 79.9. The summed E-state index contributed by atoms with van der Waals surface area (Å²) in [6.07, 6.45) is 0. The van der Waals surface area contributed by atoms with Crippen molar-refractivity contribution < 1.29 is 24.2 Å². The number of nitrogens with one attached hydrogen (secondary N) is 1. The number of aliphatic carboxylic acids is 1. The minimum absolute atomic E-state index is 0.0683. The van der Waals surface area contributed by atoms with Crippen molar-refractivity contribution in [3.63, 3.8) is 0 Å². The van der Waals surface area contributed by atoms with E-state index in [1.165, 1.54) is 18.2 Å². The van der Waals surface area contributed by atoms with Crippen molar-refractivity contribution in [2.24, 2.45) is 0 Å². The molecule has 0 saturated carbocycles. The molecule has 2 aromatic carbocycles. The van der Waals surface area contributed by atoms with E-state index < -0.39 is 28.2 Å². The molecular weight excluding hydrogens is 414 g/mol. The van der Waals surface area contributed by atoms with Gasteiger partial charge in [0.05, 0.1) is 10.6 Å². The van der Waals surface area contributed by atoms with Gasteiger partial charge in [-0.05, 0) is 30.3 Å². The lowest BCUT2D eigenvalue weighted by atomic mass is 10.1. The molecule has 0 radical (unpaired) electrons. The van der Waals surface area contributed by atoms with Crippen LogP contribution < -0.4 is 10.1 Å². The van der Waals surface area contributed by atoms with E-state index in [4.69, 9.17) is 21.4 Å². The second-order valence-corrected chi connectivity index (χ2v) is 7.02. The molecule has 0 amide bonds. The van der Waals surface area contributed by atoms with Crippen molar-refractivity contribution in [2.45, 2.75) is 10.5 Å². The molecule has 1 aliphatic rings. The minimum atomic E-state index is -1.34. The number of Topliss-reactive ketones (excluding diaryl/α,β-unsaturated/α-hetero) is 1. The van der Waals surface area contributed by atoms with Crippen LogP contribution >= 0.6 is 27.5 Å². The van der Waals surface area contributed by atoms with Crippen LogP contribution in [0.4, 0.5) is 0 Å². The number of carbonyl (C=O) groups is 3. The molecule has 128 valence electrons. The number of hydrogen-bond donors (Lipinski definition) is 2. The predicted molar refractivity (Wildman–Crippen MR) is 93.4 cm³/mol. The maximum Gasteiger partial charge on any atom is 0.343 e. The summed E-state index contributed by atoms with van der Waals surface area (Å²) in [6, 6.07) is 11.5. The van der Waals surface area contributed by atoms with Crippen molar-refractivity contribution in [1.29, 1.82) is 0 Å². The second kappa shape index (κ2) is 6.59. The number of esters is 1. The van der Waals surface area contributed by atoms with E-state index in [1.807, 2.05) is 0 Å². The Hall–Kier alpha value is -2.22. The summed E-state index contributed by atoms with van der Waals surface area (Å²) >= 11 is 9.20. The fourth-order valence-corrected chi connectivity index (χ4v) is 3.14. The smallest absolute Gasteiger partial charge is 0.343 e. The molecule has 1 fully saturated rings. The molecule has 2 atom stereocenters. The molecule has 2 N–H and O–H groups in total. The predicted octanol–water partition coefficient (Wildman–Crippen LogP) is 2.89. The number of carboxylic acids is 1. The van der Waals surface area contributed by atoms with Crippen LogP contribution in [0.3, 0.4) is 0 Å². The van der Waals surface area contributed by atoms with Crippen LogP contribution in [0.2, 0.25) is 5.02 Å². The van der Waals surface area contributed by atoms with Crippen LogP contribution in [0.15, 0.2) is 48.5 Å². The summed E-state index contributed by atoms with van der Waals surface area (Å²) < 4.78 is 3.88. The average molecular weight is 425 g/mol. The molecule has 2 unspecified atom stereocenters. The normalized spacial score (nSPS) is 21.4. The quantitative estimate of drug-likeness (QED) is 0.191. The summed E-state index contributed by atoms with van der Waals surface area (Å²) in [7, 11) is 0. The van der Waals surface area contributed by atoms with Gasteiger partial charge in [-0.2, -0.15) is 0 Å². The fraction of sp³-hybridized carbons (Fsp3) is 0.118. The molecule has 1 aliphatic heterocycles. The topological polar surface area (TPSA) is 103 Å². The Morgan fingerprint density at radius 3 is 2.36 bits per heavy atom. The number of ketones is 1. The third-order valence-corrected chi connectivity index (χ3v) is 4.99. The minimum Gasteiger partial charge on any atom is -0.480 e. The van der Waals surface area contributed by atoms with Crippen LogP contribution in [0.1, 0.15) is 20.7 Å². The summed E-state index contributed by atoms with van der Waals surface area (Å²) in [5, 5.41) is 11.6. The van der Waals surface area contributed by atoms with E-state index in [1.54, 1.807) is 30.3 Å². The Kier molecular flexibility index (Phi) is 4.64. The standard InChI is InChI=1S/C17H11BrClNO5/c18-17(13(20-17)15(22)23)14(21)10-6-7-12(11(19)8-10)25-16(24)9-4-2-1-3-5-9/h1-8,13,20H,(H,22,23). The number of benzene rings is 2. The zero-order valence-electron chi connectivity index (χ0n) is 12.5. The second-order valence-electron chi connectivity index (χ2n) is 5.36. The van der Waals surface area contributed by atoms with E-state index >= 15 is 0 Å². The zero-order chi connectivity index (χ0) is 18.2. The number of hydrogen-bond acceptors (Lipinski definition) is 5. The first-order chi connectivity index (χ1) is 11.8. The van der Waals surface area contributed by atoms with Crippen LogP contribution in [0.25, 0.3) is 0 Å². The fourth-order valence-electron chi connectivity index (χ4n) is 2.26. The molecule has 3 rings (SSSR count). The molecule has 1 heterocycles. The van der Waals surface area contributed by atoms with Crippen molar-refractivity contribution in [1.82, 2.24) is 5.32 Å². The van der Waals surface area contributed by atoms with Crippen molar-refractivity contribution in [3.05, 3.63) is 64.7 Å². The molecule has 0 bridgehead atoms. The number of halogens is 2. The number of alkyl halides is 1. The van der Waals surface area contributed by atoms with E-state index in [-0.39, 0.29) is 16.3 Å². The lowest BCUT2D eigenvalue weighted by Crippen LogP contribution is -2.25. The van der Waals surface area contributed by atoms with Gasteiger partial charge in [-0.3, -0.25) is 14.9 Å². The van der Waals surface area contributed by atoms with Gasteiger partial charge in [0.2, 0.25) is 0 Å². The number of carbonyl (C=O) groups excluding carboxylic acids is 2. The first kappa shape index (κ1) is 17.6. The van der Waals surface area contributed by atoms with Gasteiger partial charge >= 0.3 is 11.9 Å². The summed E-state index contributed by atoms with van der Waals surface area (Å²) in [6.45, 7) is 0. The molecule has 2 aromatic rings. The Bertz CT molecular complexity index is 873. The van der Waals surface area contributed by atoms with Crippen molar-refractivity contribution in [2.75, 3.05) is 0 Å². The van der Waals surface area contributed by atoms with Gasteiger partial charge < -0.3 is 9.84 Å². The van der Waals surface area contributed by atoms with Gasteiger partial charge in [0, 0.05) is 5.56 Å². The van der Waals surface area contributed by atoms with Gasteiger partial charge in [0.25, 0.3) is 0 Å². The monoisotopic (exact) mass is 423 g/mol. The van der Waals surface area contributed by atoms with Gasteiger partial charge in [0.1, 0.15) is 11.8 Å². The summed E-state index contributed by atoms with van der Waals surface area (Å²) in [4.78, 5) is 35.4. The molecule has 25 heavy (non-hydrogen) atoms. The van der Waals surface area contributed by atoms with E-state index in [0.29, 0.717) is 5.56 Å². The maximum atomic E-state index is 12.4. The van der Waals surface area contributed by atoms with Crippen LogP contribution in [-0.2, 0) is 4.79 Å². The van der Waals surface area contributed by atoms with Crippen molar-refractivity contribution in [3.8, 4) is 5.75 Å². The lowest BCUT2D eigenvalue weighted by Gasteiger charge is -2.09. The van der Waals surface area contributed by atoms with Gasteiger partial charge in [0.15, 0.2) is 10.2 Å². The van der Waals surface area contributed by atoms with Crippen molar-refractivity contribution >= 4 is 45.3 Å². The lowest BCUT2D eigenvalue weighted by molar-refractivity contribution is -0.136.